The fourth-order valence-electron chi connectivity index (χ4n) is 0.998. The first-order chi connectivity index (χ1) is 5.45. The summed E-state index contributed by atoms with van der Waals surface area (Å²) in [5.41, 5.74) is 0. The maximum atomic E-state index is 2.37. The monoisotopic (exact) mass is 464 g/mol. The molecule has 0 unspecified atom stereocenters. The summed E-state index contributed by atoms with van der Waals surface area (Å²) >= 11 is 0.815. The normalized spacial score (nSPS) is 9.45. The molecule has 2 aromatic rings. The van der Waals surface area contributed by atoms with Gasteiger partial charge in [-0.1, -0.05) is 0 Å². The van der Waals surface area contributed by atoms with Crippen molar-refractivity contribution >= 4 is 32.9 Å². The van der Waals surface area contributed by atoms with E-state index in [-0.39, 0.29) is 0 Å². The Balaban J connectivity index is 2.14. The second-order valence-electron chi connectivity index (χ2n) is 2.34. The van der Waals surface area contributed by atoms with E-state index >= 15 is 0 Å². The Morgan fingerprint density at radius 3 is 1.82 bits per heavy atom. The molecule has 0 bridgehead atoms. The molecule has 0 aliphatic rings. The van der Waals surface area contributed by atoms with Crippen LogP contribution in [0.4, 0.5) is 0 Å². The van der Waals surface area contributed by atoms with Gasteiger partial charge in [-0.05, 0) is 0 Å². The Labute approximate surface area is 90.6 Å². The van der Waals surface area contributed by atoms with Crippen molar-refractivity contribution in [3.8, 4) is 0 Å². The molecule has 0 saturated carbocycles. The van der Waals surface area contributed by atoms with Gasteiger partial charge in [-0.2, -0.15) is 0 Å². The van der Waals surface area contributed by atoms with E-state index in [0.29, 0.717) is 0 Å². The Bertz CT molecular complexity index is 264. The van der Waals surface area contributed by atoms with E-state index in [2.05, 4.69) is 34.1 Å². The van der Waals surface area contributed by atoms with Gasteiger partial charge in [-0.25, -0.2) is 0 Å². The van der Waals surface area contributed by atoms with Crippen molar-refractivity contribution in [2.75, 3.05) is 0 Å². The van der Waals surface area contributed by atoms with Crippen LogP contribution in [0.25, 0.3) is 0 Å². The van der Waals surface area contributed by atoms with Crippen LogP contribution in [0.15, 0.2) is 34.1 Å². The van der Waals surface area contributed by atoms with Crippen molar-refractivity contribution in [3.05, 3.63) is 34.1 Å². The molecule has 0 aromatic carbocycles. The second kappa shape index (κ2) is 4.25. The predicted octanol–water partition coefficient (Wildman–Crippen LogP) is -0.166. The van der Waals surface area contributed by atoms with Crippen LogP contribution in [-0.2, 0) is 24.6 Å². The summed E-state index contributed by atoms with van der Waals surface area (Å²) in [6, 6.07) is 9.23. The molecule has 0 amide bonds. The van der Waals surface area contributed by atoms with E-state index in [1.807, 2.05) is 3.89 Å². The Hall–Kier alpha value is 0.934. The molecule has 2 heterocycles. The van der Waals surface area contributed by atoms with Gasteiger partial charge in [0.1, 0.15) is 0 Å². The molecule has 0 fully saturated rings. The zero-order valence-corrected chi connectivity index (χ0v) is 14.9. The first-order valence-corrected chi connectivity index (χ1v) is 12.7. The second-order valence-corrected chi connectivity index (χ2v) is 22.9. The van der Waals surface area contributed by atoms with Gasteiger partial charge in [-0.15, -0.1) is 0 Å². The van der Waals surface area contributed by atoms with Crippen LogP contribution in [0.1, 0.15) is 0 Å². The van der Waals surface area contributed by atoms with Crippen LogP contribution >= 0.6 is 0 Å². The molecule has 52 valence electrons. The van der Waals surface area contributed by atoms with Gasteiger partial charge in [0, 0.05) is 0 Å². The van der Waals surface area contributed by atoms with Crippen LogP contribution < -0.4 is 3.89 Å². The van der Waals surface area contributed by atoms with Crippen LogP contribution in [0.2, 0.25) is 0 Å². The topological polar surface area (TPSA) is 0 Å². The van der Waals surface area contributed by atoms with E-state index in [4.69, 9.17) is 0 Å². The Morgan fingerprint density at radius 1 is 0.909 bits per heavy atom. The summed E-state index contributed by atoms with van der Waals surface area (Å²) < 4.78 is 3.71. The van der Waals surface area contributed by atoms with Gasteiger partial charge in [0.05, 0.1) is 0 Å². The zero-order chi connectivity index (χ0) is 7.52. The van der Waals surface area contributed by atoms with Crippen molar-refractivity contribution in [3.63, 3.8) is 0 Å². The van der Waals surface area contributed by atoms with Crippen LogP contribution in [0.3, 0.4) is 0 Å². The SMILES string of the molecule is c1c[se][c]([Hg][c]2ccc[se]2)c1. The predicted molar refractivity (Wildman–Crippen MR) is 46.0 cm³/mol. The zero-order valence-electron chi connectivity index (χ0n) is 5.99. The quantitative estimate of drug-likeness (QED) is 0.547. The van der Waals surface area contributed by atoms with E-state index in [0.717, 1.165) is 29.0 Å². The van der Waals surface area contributed by atoms with Gasteiger partial charge < -0.3 is 0 Å². The van der Waals surface area contributed by atoms with Crippen molar-refractivity contribution in [2.24, 2.45) is 0 Å². The fraction of sp³-hybridized carbons (Fsp3) is 0. The minimum atomic E-state index is -0.715. The molecular weight excluding hydrogens is 455 g/mol. The van der Waals surface area contributed by atoms with Gasteiger partial charge in [0.25, 0.3) is 0 Å². The third kappa shape index (κ3) is 2.43. The fourth-order valence-corrected chi connectivity index (χ4v) is 23.8. The molecule has 2 rings (SSSR count). The molecule has 0 aliphatic heterocycles. The molecule has 3 heteroatoms. The minimum absolute atomic E-state index is 0.715. The van der Waals surface area contributed by atoms with Crippen molar-refractivity contribution in [1.29, 1.82) is 0 Å². The third-order valence-corrected chi connectivity index (χ3v) is 21.2. The Kier molecular flexibility index (Phi) is 3.30. The van der Waals surface area contributed by atoms with E-state index in [1.54, 1.807) is 0 Å². The third-order valence-electron chi connectivity index (χ3n) is 1.51. The van der Waals surface area contributed by atoms with Crippen molar-refractivity contribution < 1.29 is 24.6 Å². The molecule has 0 N–H and O–H groups in total. The van der Waals surface area contributed by atoms with Crippen LogP contribution in [0.5, 0.6) is 0 Å². The number of hydrogen-bond acceptors (Lipinski definition) is 0. The van der Waals surface area contributed by atoms with E-state index in [9.17, 15) is 0 Å². The standard InChI is InChI=1S/2C4H3Se.Hg/c2*1-2-4-5-3-1;/h2*1-3H;. The van der Waals surface area contributed by atoms with Crippen molar-refractivity contribution in [2.45, 2.75) is 0 Å². The number of hydrogen-bond donors (Lipinski definition) is 0. The molecule has 2 aromatic heterocycles. The average molecular weight is 461 g/mol. The first kappa shape index (κ1) is 8.53. The van der Waals surface area contributed by atoms with E-state index < -0.39 is 24.6 Å². The van der Waals surface area contributed by atoms with Crippen molar-refractivity contribution in [1.82, 2.24) is 0 Å². The summed E-state index contributed by atoms with van der Waals surface area (Å²) in [6.07, 6.45) is 0. The molecule has 0 nitrogen and oxygen atoms in total. The maximum absolute atomic E-state index is 2.37. The number of rotatable bonds is 2. The summed E-state index contributed by atoms with van der Waals surface area (Å²) in [5.74, 6) is 0. The summed E-state index contributed by atoms with van der Waals surface area (Å²) in [4.78, 5) is 4.69. The summed E-state index contributed by atoms with van der Waals surface area (Å²) in [7, 11) is 0. The molecule has 0 radical (unpaired) electrons. The summed E-state index contributed by atoms with van der Waals surface area (Å²) in [6.45, 7) is 0. The van der Waals surface area contributed by atoms with Gasteiger partial charge in [0.15, 0.2) is 0 Å². The molecule has 0 atom stereocenters. The van der Waals surface area contributed by atoms with Gasteiger partial charge in [0.2, 0.25) is 0 Å². The van der Waals surface area contributed by atoms with E-state index in [1.165, 1.54) is 0 Å². The molecule has 11 heavy (non-hydrogen) atoms. The molecule has 0 aliphatic carbocycles. The van der Waals surface area contributed by atoms with Crippen LogP contribution in [-0.4, -0.2) is 29.0 Å². The van der Waals surface area contributed by atoms with Gasteiger partial charge >= 0.3 is 91.6 Å². The Morgan fingerprint density at radius 2 is 1.45 bits per heavy atom. The molecule has 0 saturated heterocycles. The molecule has 0 spiro atoms. The van der Waals surface area contributed by atoms with Crippen LogP contribution in [0, 0.1) is 0 Å². The summed E-state index contributed by atoms with van der Waals surface area (Å²) in [5, 5.41) is 0. The molecular formula is C8H6HgSe2. The van der Waals surface area contributed by atoms with Gasteiger partial charge in [-0.3, -0.25) is 0 Å². The average Bonchev–Trinajstić information content (AvgIpc) is 2.60. The first-order valence-electron chi connectivity index (χ1n) is 3.50.